The average molecular weight is 352 g/mol. The third-order valence-electron chi connectivity index (χ3n) is 1.94. The van der Waals surface area contributed by atoms with Gasteiger partial charge in [-0.3, -0.25) is 5.84 Å². The number of hydrazine groups is 1. The summed E-state index contributed by atoms with van der Waals surface area (Å²) in [5, 5.41) is 0. The summed E-state index contributed by atoms with van der Waals surface area (Å²) in [6.45, 7) is 0. The Morgan fingerprint density at radius 1 is 1.47 bits per heavy atom. The normalized spacial score (nSPS) is 13.0. The average Bonchev–Trinajstić information content (AvgIpc) is 2.80. The highest BCUT2D eigenvalue weighted by Gasteiger charge is 2.18. The number of hydrogen-bond donors (Lipinski definition) is 2. The summed E-state index contributed by atoms with van der Waals surface area (Å²) < 4.78 is 7.39. The Labute approximate surface area is 108 Å². The molecule has 80 valence electrons. The minimum Gasteiger partial charge on any atom is -0.467 e. The molecule has 15 heavy (non-hydrogen) atoms. The summed E-state index contributed by atoms with van der Waals surface area (Å²) in [6, 6.07) is 5.65. The highest BCUT2D eigenvalue weighted by atomic mass is 79.9. The summed E-state index contributed by atoms with van der Waals surface area (Å²) in [6.07, 6.45) is 1.64. The van der Waals surface area contributed by atoms with Crippen LogP contribution < -0.4 is 11.3 Å². The molecule has 0 saturated heterocycles. The van der Waals surface area contributed by atoms with Crippen LogP contribution >= 0.6 is 43.2 Å². The fourth-order valence-electron chi connectivity index (χ4n) is 1.27. The summed E-state index contributed by atoms with van der Waals surface area (Å²) in [4.78, 5) is 1.09. The largest absolute Gasteiger partial charge is 0.467 e. The fraction of sp³-hybridized carbons (Fsp3) is 0.111. The molecular formula is C9H8Br2N2OS. The van der Waals surface area contributed by atoms with Crippen LogP contribution in [0.15, 0.2) is 37.1 Å². The van der Waals surface area contributed by atoms with E-state index in [-0.39, 0.29) is 6.04 Å². The van der Waals surface area contributed by atoms with Gasteiger partial charge in [0.1, 0.15) is 11.8 Å². The third kappa shape index (κ3) is 2.34. The molecular weight excluding hydrogens is 344 g/mol. The standard InChI is InChI=1S/C9H8Br2N2OS/c10-5-4-7(15-9(5)11)8(13-12)6-2-1-3-14-6/h1-4,8,13H,12H2. The van der Waals surface area contributed by atoms with Gasteiger partial charge in [0.15, 0.2) is 0 Å². The van der Waals surface area contributed by atoms with E-state index in [9.17, 15) is 0 Å². The van der Waals surface area contributed by atoms with Crippen molar-refractivity contribution in [3.63, 3.8) is 0 Å². The first-order valence-corrected chi connectivity index (χ1v) is 6.57. The van der Waals surface area contributed by atoms with E-state index < -0.39 is 0 Å². The minimum absolute atomic E-state index is 0.104. The number of nitrogens with two attached hydrogens (primary N) is 1. The van der Waals surface area contributed by atoms with E-state index in [0.717, 1.165) is 18.9 Å². The Morgan fingerprint density at radius 3 is 2.73 bits per heavy atom. The molecule has 0 aromatic carbocycles. The molecule has 2 rings (SSSR count). The van der Waals surface area contributed by atoms with Gasteiger partial charge in [-0.1, -0.05) is 0 Å². The zero-order chi connectivity index (χ0) is 10.8. The summed E-state index contributed by atoms with van der Waals surface area (Å²) in [7, 11) is 0. The maximum atomic E-state index is 5.52. The van der Waals surface area contributed by atoms with E-state index in [1.807, 2.05) is 18.2 Å². The van der Waals surface area contributed by atoms with Crippen molar-refractivity contribution in [2.75, 3.05) is 0 Å². The van der Waals surface area contributed by atoms with Gasteiger partial charge < -0.3 is 4.42 Å². The molecule has 0 aliphatic rings. The molecule has 3 nitrogen and oxygen atoms in total. The Morgan fingerprint density at radius 2 is 2.27 bits per heavy atom. The second-order valence-corrected chi connectivity index (χ2v) is 6.14. The zero-order valence-corrected chi connectivity index (χ0v) is 11.5. The van der Waals surface area contributed by atoms with Gasteiger partial charge in [-0.25, -0.2) is 5.43 Å². The van der Waals surface area contributed by atoms with Crippen LogP contribution in [-0.2, 0) is 0 Å². The molecule has 6 heteroatoms. The molecule has 0 aliphatic carbocycles. The predicted octanol–water partition coefficient (Wildman–Crippen LogP) is 3.42. The molecule has 0 bridgehead atoms. The molecule has 0 amide bonds. The van der Waals surface area contributed by atoms with E-state index in [0.29, 0.717) is 0 Å². The van der Waals surface area contributed by atoms with Gasteiger partial charge in [0.2, 0.25) is 0 Å². The Kier molecular flexibility index (Phi) is 3.63. The molecule has 0 fully saturated rings. The van der Waals surface area contributed by atoms with E-state index in [2.05, 4.69) is 37.3 Å². The quantitative estimate of drug-likeness (QED) is 0.658. The van der Waals surface area contributed by atoms with Crippen LogP contribution in [0, 0.1) is 0 Å². The van der Waals surface area contributed by atoms with E-state index in [4.69, 9.17) is 10.3 Å². The van der Waals surface area contributed by atoms with Crippen molar-refractivity contribution >= 4 is 43.2 Å². The molecule has 0 saturated carbocycles. The maximum absolute atomic E-state index is 5.52. The molecule has 1 unspecified atom stereocenters. The number of nitrogens with one attached hydrogen (secondary N) is 1. The predicted molar refractivity (Wildman–Crippen MR) is 67.6 cm³/mol. The van der Waals surface area contributed by atoms with Gasteiger partial charge in [0.05, 0.1) is 10.0 Å². The van der Waals surface area contributed by atoms with Crippen LogP contribution in [0.25, 0.3) is 0 Å². The minimum atomic E-state index is -0.104. The van der Waals surface area contributed by atoms with E-state index in [1.165, 1.54) is 0 Å². The van der Waals surface area contributed by atoms with Crippen LogP contribution in [0.2, 0.25) is 0 Å². The van der Waals surface area contributed by atoms with Crippen molar-refractivity contribution in [1.29, 1.82) is 0 Å². The number of thiophene rings is 1. The van der Waals surface area contributed by atoms with Crippen LogP contribution in [0.4, 0.5) is 0 Å². The van der Waals surface area contributed by atoms with Crippen LogP contribution in [-0.4, -0.2) is 0 Å². The number of rotatable bonds is 3. The number of hydrogen-bond acceptors (Lipinski definition) is 4. The molecule has 0 spiro atoms. The van der Waals surface area contributed by atoms with Crippen molar-refractivity contribution in [3.05, 3.63) is 43.4 Å². The van der Waals surface area contributed by atoms with Gasteiger partial charge in [0, 0.05) is 9.35 Å². The lowest BCUT2D eigenvalue weighted by Crippen LogP contribution is -2.27. The Bertz CT molecular complexity index is 421. The number of halogens is 2. The van der Waals surface area contributed by atoms with Gasteiger partial charge in [-0.15, -0.1) is 11.3 Å². The molecule has 0 radical (unpaired) electrons. The molecule has 0 aliphatic heterocycles. The van der Waals surface area contributed by atoms with Crippen molar-refractivity contribution in [2.45, 2.75) is 6.04 Å². The third-order valence-corrected chi connectivity index (χ3v) is 5.26. The Hall–Kier alpha value is -0.140. The van der Waals surface area contributed by atoms with E-state index >= 15 is 0 Å². The fourth-order valence-corrected chi connectivity index (χ4v) is 3.42. The first-order valence-electron chi connectivity index (χ1n) is 4.16. The highest BCUT2D eigenvalue weighted by Crippen LogP contribution is 2.37. The maximum Gasteiger partial charge on any atom is 0.127 e. The Balaban J connectivity index is 2.35. The summed E-state index contributed by atoms with van der Waals surface area (Å²) in [5.41, 5.74) is 2.74. The van der Waals surface area contributed by atoms with Crippen LogP contribution in [0.1, 0.15) is 16.7 Å². The molecule has 1 atom stereocenters. The molecule has 2 heterocycles. The molecule has 2 aromatic heterocycles. The SMILES string of the molecule is NNC(c1ccco1)c1cc(Br)c(Br)s1. The van der Waals surface area contributed by atoms with Gasteiger partial charge in [-0.2, -0.15) is 0 Å². The lowest BCUT2D eigenvalue weighted by Gasteiger charge is -2.10. The molecule has 3 N–H and O–H groups in total. The topological polar surface area (TPSA) is 51.2 Å². The first kappa shape index (κ1) is 11.3. The highest BCUT2D eigenvalue weighted by molar-refractivity contribution is 9.13. The second-order valence-electron chi connectivity index (χ2n) is 2.89. The van der Waals surface area contributed by atoms with E-state index in [1.54, 1.807) is 17.6 Å². The van der Waals surface area contributed by atoms with Crippen molar-refractivity contribution in [1.82, 2.24) is 5.43 Å². The summed E-state index contributed by atoms with van der Waals surface area (Å²) >= 11 is 8.50. The van der Waals surface area contributed by atoms with Crippen LogP contribution in [0.5, 0.6) is 0 Å². The van der Waals surface area contributed by atoms with Crippen molar-refractivity contribution in [3.8, 4) is 0 Å². The zero-order valence-electron chi connectivity index (χ0n) is 7.54. The second kappa shape index (κ2) is 4.80. The van der Waals surface area contributed by atoms with Gasteiger partial charge in [-0.05, 0) is 50.1 Å². The van der Waals surface area contributed by atoms with Crippen LogP contribution in [0.3, 0.4) is 0 Å². The molecule has 2 aromatic rings. The van der Waals surface area contributed by atoms with Gasteiger partial charge >= 0.3 is 0 Å². The van der Waals surface area contributed by atoms with Gasteiger partial charge in [0.25, 0.3) is 0 Å². The van der Waals surface area contributed by atoms with Crippen molar-refractivity contribution < 1.29 is 4.42 Å². The lowest BCUT2D eigenvalue weighted by molar-refractivity contribution is 0.455. The van der Waals surface area contributed by atoms with Crippen molar-refractivity contribution in [2.24, 2.45) is 5.84 Å². The smallest absolute Gasteiger partial charge is 0.127 e. The number of furan rings is 1. The monoisotopic (exact) mass is 350 g/mol. The first-order chi connectivity index (χ1) is 7.22. The lowest BCUT2D eigenvalue weighted by atomic mass is 10.2. The summed E-state index contributed by atoms with van der Waals surface area (Å²) in [5.74, 6) is 6.33.